The average molecular weight is 324 g/mol. The molecule has 2 rings (SSSR count). The molecular formula is C16H19Cl2N3. The lowest BCUT2D eigenvalue weighted by Gasteiger charge is -2.09. The van der Waals surface area contributed by atoms with Crippen LogP contribution in [-0.2, 0) is 12.8 Å². The fraction of sp³-hybridized carbons (Fsp3) is 0.375. The van der Waals surface area contributed by atoms with Crippen LogP contribution in [0.5, 0.6) is 0 Å². The first-order chi connectivity index (χ1) is 10.1. The number of aryl methyl sites for hydroxylation is 1. The van der Waals surface area contributed by atoms with Crippen LogP contribution in [0.4, 0.5) is 5.82 Å². The summed E-state index contributed by atoms with van der Waals surface area (Å²) in [5, 5.41) is 4.54. The summed E-state index contributed by atoms with van der Waals surface area (Å²) in [6.45, 7) is 5.03. The van der Waals surface area contributed by atoms with Gasteiger partial charge in [0.1, 0.15) is 11.6 Å². The lowest BCUT2D eigenvalue weighted by Crippen LogP contribution is -2.07. The van der Waals surface area contributed by atoms with E-state index < -0.39 is 0 Å². The quantitative estimate of drug-likeness (QED) is 0.832. The molecule has 0 saturated carbocycles. The van der Waals surface area contributed by atoms with Gasteiger partial charge in [0.05, 0.1) is 0 Å². The molecule has 3 nitrogen and oxygen atoms in total. The third kappa shape index (κ3) is 4.58. The Morgan fingerprint density at radius 3 is 2.57 bits per heavy atom. The number of nitrogens with one attached hydrogen (secondary N) is 1. The molecule has 0 saturated heterocycles. The van der Waals surface area contributed by atoms with Crippen molar-refractivity contribution in [1.29, 1.82) is 0 Å². The lowest BCUT2D eigenvalue weighted by atomic mass is 10.1. The van der Waals surface area contributed by atoms with Crippen molar-refractivity contribution in [2.45, 2.75) is 33.1 Å². The Morgan fingerprint density at radius 1 is 1.10 bits per heavy atom. The molecule has 0 aliphatic rings. The molecule has 1 N–H and O–H groups in total. The number of hydrogen-bond donors (Lipinski definition) is 1. The molecule has 1 aromatic heterocycles. The molecule has 1 heterocycles. The van der Waals surface area contributed by atoms with Crippen molar-refractivity contribution in [3.8, 4) is 0 Å². The third-order valence-electron chi connectivity index (χ3n) is 3.05. The van der Waals surface area contributed by atoms with Crippen LogP contribution in [0.1, 0.15) is 37.4 Å². The van der Waals surface area contributed by atoms with Crippen molar-refractivity contribution in [2.24, 2.45) is 0 Å². The van der Waals surface area contributed by atoms with Gasteiger partial charge in [-0.05, 0) is 31.0 Å². The highest BCUT2D eigenvalue weighted by Gasteiger charge is 2.08. The minimum absolute atomic E-state index is 0.603. The van der Waals surface area contributed by atoms with Crippen molar-refractivity contribution < 1.29 is 0 Å². The number of aromatic nitrogens is 2. The second kappa shape index (κ2) is 7.62. The summed E-state index contributed by atoms with van der Waals surface area (Å²) in [5.74, 6) is 1.65. The summed E-state index contributed by atoms with van der Waals surface area (Å²) in [6.07, 6.45) is 2.61. The van der Waals surface area contributed by atoms with Crippen molar-refractivity contribution in [1.82, 2.24) is 9.97 Å². The Labute approximate surface area is 135 Å². The van der Waals surface area contributed by atoms with Gasteiger partial charge in [-0.25, -0.2) is 9.97 Å². The lowest BCUT2D eigenvalue weighted by molar-refractivity contribution is 0.841. The summed E-state index contributed by atoms with van der Waals surface area (Å²) in [4.78, 5) is 9.17. The van der Waals surface area contributed by atoms with Crippen LogP contribution in [-0.4, -0.2) is 16.5 Å². The SMILES string of the molecule is CCCc1cc(NCC)nc(Cc2ccc(Cl)cc2Cl)n1. The molecule has 1 aromatic carbocycles. The minimum atomic E-state index is 0.603. The number of halogens is 2. The topological polar surface area (TPSA) is 37.8 Å². The average Bonchev–Trinajstić information content (AvgIpc) is 2.42. The molecule has 0 unspecified atom stereocenters. The monoisotopic (exact) mass is 323 g/mol. The largest absolute Gasteiger partial charge is 0.370 e. The fourth-order valence-corrected chi connectivity index (χ4v) is 2.60. The molecule has 5 heteroatoms. The number of benzene rings is 1. The van der Waals surface area contributed by atoms with Crippen molar-refractivity contribution in [3.05, 3.63) is 51.4 Å². The first-order valence-corrected chi connectivity index (χ1v) is 7.92. The van der Waals surface area contributed by atoms with Crippen LogP contribution < -0.4 is 5.32 Å². The third-order valence-corrected chi connectivity index (χ3v) is 3.64. The molecule has 0 aliphatic heterocycles. The number of rotatable bonds is 6. The Morgan fingerprint density at radius 2 is 1.90 bits per heavy atom. The van der Waals surface area contributed by atoms with Crippen LogP contribution in [0.2, 0.25) is 10.0 Å². The molecule has 112 valence electrons. The number of anilines is 1. The van der Waals surface area contributed by atoms with Gasteiger partial charge in [0.25, 0.3) is 0 Å². The van der Waals surface area contributed by atoms with E-state index in [9.17, 15) is 0 Å². The standard InChI is InChI=1S/C16H19Cl2N3/c1-3-5-13-10-15(19-4-2)21-16(20-13)8-11-6-7-12(17)9-14(11)18/h6-7,9-10H,3-5,8H2,1-2H3,(H,19,20,21). The molecule has 2 aromatic rings. The minimum Gasteiger partial charge on any atom is -0.370 e. The highest BCUT2D eigenvalue weighted by atomic mass is 35.5. The van der Waals surface area contributed by atoms with Crippen LogP contribution in [0.15, 0.2) is 24.3 Å². The van der Waals surface area contributed by atoms with E-state index in [1.54, 1.807) is 6.07 Å². The highest BCUT2D eigenvalue weighted by molar-refractivity contribution is 6.35. The number of hydrogen-bond acceptors (Lipinski definition) is 3. The maximum absolute atomic E-state index is 6.23. The van der Waals surface area contributed by atoms with Gasteiger partial charge in [0.15, 0.2) is 0 Å². The van der Waals surface area contributed by atoms with Crippen LogP contribution in [0.25, 0.3) is 0 Å². The Hall–Kier alpha value is -1.32. The summed E-state index contributed by atoms with van der Waals surface area (Å²) >= 11 is 12.2. The first kappa shape index (κ1) is 16.1. The van der Waals surface area contributed by atoms with Crippen molar-refractivity contribution in [2.75, 3.05) is 11.9 Å². The van der Waals surface area contributed by atoms with E-state index in [0.717, 1.165) is 42.3 Å². The zero-order valence-corrected chi connectivity index (χ0v) is 13.8. The zero-order valence-electron chi connectivity index (χ0n) is 12.3. The Balaban J connectivity index is 2.29. The molecule has 0 fully saturated rings. The molecule has 0 atom stereocenters. The second-order valence-corrected chi connectivity index (χ2v) is 5.70. The number of nitrogens with zero attached hydrogens (tertiary/aromatic N) is 2. The molecular weight excluding hydrogens is 305 g/mol. The first-order valence-electron chi connectivity index (χ1n) is 7.17. The predicted octanol–water partition coefficient (Wildman–Crippen LogP) is 4.76. The zero-order chi connectivity index (χ0) is 15.2. The van der Waals surface area contributed by atoms with Gasteiger partial charge in [0.2, 0.25) is 0 Å². The molecule has 0 aliphatic carbocycles. The Kier molecular flexibility index (Phi) is 5.83. The fourth-order valence-electron chi connectivity index (χ4n) is 2.12. The van der Waals surface area contributed by atoms with E-state index in [1.807, 2.05) is 18.2 Å². The normalized spacial score (nSPS) is 10.7. The van der Waals surface area contributed by atoms with Crippen LogP contribution in [0.3, 0.4) is 0 Å². The van der Waals surface area contributed by atoms with E-state index in [2.05, 4.69) is 29.1 Å². The molecule has 0 spiro atoms. The summed E-state index contributed by atoms with van der Waals surface area (Å²) in [5.41, 5.74) is 2.04. The summed E-state index contributed by atoms with van der Waals surface area (Å²) in [6, 6.07) is 7.52. The van der Waals surface area contributed by atoms with Gasteiger partial charge in [-0.2, -0.15) is 0 Å². The summed E-state index contributed by atoms with van der Waals surface area (Å²) in [7, 11) is 0. The van der Waals surface area contributed by atoms with E-state index >= 15 is 0 Å². The van der Waals surface area contributed by atoms with Gasteiger partial charge in [-0.1, -0.05) is 42.6 Å². The van der Waals surface area contributed by atoms with Crippen molar-refractivity contribution in [3.63, 3.8) is 0 Å². The predicted molar refractivity (Wildman–Crippen MR) is 89.5 cm³/mol. The van der Waals surface area contributed by atoms with Gasteiger partial charge in [0, 0.05) is 34.8 Å². The molecule has 0 radical (unpaired) electrons. The van der Waals surface area contributed by atoms with Crippen LogP contribution in [0, 0.1) is 0 Å². The van der Waals surface area contributed by atoms with Crippen LogP contribution >= 0.6 is 23.2 Å². The van der Waals surface area contributed by atoms with E-state index in [-0.39, 0.29) is 0 Å². The van der Waals surface area contributed by atoms with E-state index in [0.29, 0.717) is 16.5 Å². The van der Waals surface area contributed by atoms with Gasteiger partial charge in [-0.3, -0.25) is 0 Å². The molecule has 0 amide bonds. The van der Waals surface area contributed by atoms with Gasteiger partial charge >= 0.3 is 0 Å². The summed E-state index contributed by atoms with van der Waals surface area (Å²) < 4.78 is 0. The van der Waals surface area contributed by atoms with E-state index in [1.165, 1.54) is 0 Å². The Bertz CT molecular complexity index is 590. The smallest absolute Gasteiger partial charge is 0.135 e. The molecule has 21 heavy (non-hydrogen) atoms. The van der Waals surface area contributed by atoms with E-state index in [4.69, 9.17) is 23.2 Å². The van der Waals surface area contributed by atoms with Gasteiger partial charge < -0.3 is 5.32 Å². The molecule has 0 bridgehead atoms. The maximum Gasteiger partial charge on any atom is 0.135 e. The van der Waals surface area contributed by atoms with Gasteiger partial charge in [-0.15, -0.1) is 0 Å². The highest BCUT2D eigenvalue weighted by Crippen LogP contribution is 2.23. The van der Waals surface area contributed by atoms with Crippen molar-refractivity contribution >= 4 is 29.0 Å². The second-order valence-electron chi connectivity index (χ2n) is 4.85. The maximum atomic E-state index is 6.23.